The Labute approximate surface area is 206 Å². The molecule has 1 heterocycles. The highest BCUT2D eigenvalue weighted by Gasteiger charge is 2.44. The van der Waals surface area contributed by atoms with Gasteiger partial charge in [0.1, 0.15) is 6.04 Å². The molecule has 2 N–H and O–H groups in total. The second-order valence-corrected chi connectivity index (χ2v) is 8.34. The van der Waals surface area contributed by atoms with Gasteiger partial charge in [-0.1, -0.05) is 36.4 Å². The number of halogens is 3. The lowest BCUT2D eigenvalue weighted by Gasteiger charge is -2.32. The van der Waals surface area contributed by atoms with Crippen molar-refractivity contribution in [3.05, 3.63) is 54.1 Å². The van der Waals surface area contributed by atoms with Gasteiger partial charge in [-0.15, -0.1) is 5.06 Å². The number of hydrogen-bond acceptors (Lipinski definition) is 6. The van der Waals surface area contributed by atoms with Gasteiger partial charge in [0.2, 0.25) is 11.8 Å². The fraction of sp³-hybridized carbons (Fsp3) is 0.360. The molecule has 0 radical (unpaired) electrons. The third kappa shape index (κ3) is 7.05. The first-order chi connectivity index (χ1) is 17.1. The molecule has 0 aromatic heterocycles. The highest BCUT2D eigenvalue weighted by molar-refractivity contribution is 5.89. The van der Waals surface area contributed by atoms with Gasteiger partial charge < -0.3 is 15.5 Å². The smallest absolute Gasteiger partial charge is 0.360 e. The maximum absolute atomic E-state index is 12.7. The molecule has 0 spiro atoms. The summed E-state index contributed by atoms with van der Waals surface area (Å²) in [6, 6.07) is 15.5. The third-order valence-electron chi connectivity index (χ3n) is 5.65. The Bertz CT molecular complexity index is 1150. The molecule has 0 bridgehead atoms. The van der Waals surface area contributed by atoms with Gasteiger partial charge >= 0.3 is 12.1 Å². The van der Waals surface area contributed by atoms with Crippen LogP contribution < -0.4 is 10.6 Å². The largest absolute Gasteiger partial charge is 0.492 e. The van der Waals surface area contributed by atoms with Crippen LogP contribution in [0.25, 0.3) is 11.1 Å². The van der Waals surface area contributed by atoms with Crippen molar-refractivity contribution in [2.75, 3.05) is 18.4 Å². The number of piperidine rings is 1. The van der Waals surface area contributed by atoms with Crippen molar-refractivity contribution in [2.24, 2.45) is 0 Å². The fourth-order valence-electron chi connectivity index (χ4n) is 3.88. The topological polar surface area (TPSA) is 112 Å². The van der Waals surface area contributed by atoms with Crippen LogP contribution >= 0.6 is 0 Å². The van der Waals surface area contributed by atoms with E-state index in [4.69, 9.17) is 0 Å². The van der Waals surface area contributed by atoms with E-state index in [9.17, 15) is 32.8 Å². The Morgan fingerprint density at radius 3 is 2.50 bits per heavy atom. The number of amides is 2. The first-order valence-corrected chi connectivity index (χ1v) is 11.3. The van der Waals surface area contributed by atoms with E-state index in [1.807, 2.05) is 30.3 Å². The Morgan fingerprint density at radius 2 is 1.86 bits per heavy atom. The van der Waals surface area contributed by atoms with Gasteiger partial charge in [-0.2, -0.15) is 18.4 Å². The molecule has 1 fully saturated rings. The van der Waals surface area contributed by atoms with Crippen molar-refractivity contribution in [3.63, 3.8) is 0 Å². The molecule has 1 aliphatic rings. The summed E-state index contributed by atoms with van der Waals surface area (Å²) in [7, 11) is 0. The second-order valence-electron chi connectivity index (χ2n) is 8.34. The summed E-state index contributed by atoms with van der Waals surface area (Å²) >= 11 is 0. The molecular weight excluding hydrogens is 477 g/mol. The molecule has 2 amide bonds. The quantitative estimate of drug-likeness (QED) is 0.594. The van der Waals surface area contributed by atoms with Gasteiger partial charge in [0, 0.05) is 25.7 Å². The number of nitrogens with zero attached hydrogens (tertiary/aromatic N) is 2. The van der Waals surface area contributed by atoms with Crippen LogP contribution in [0.3, 0.4) is 0 Å². The Hall–Kier alpha value is -3.91. The second kappa shape index (κ2) is 11.7. The minimum absolute atomic E-state index is 0.00613. The summed E-state index contributed by atoms with van der Waals surface area (Å²) in [6.07, 6.45) is -3.87. The van der Waals surface area contributed by atoms with Gasteiger partial charge in [-0.3, -0.25) is 9.59 Å². The van der Waals surface area contributed by atoms with Crippen LogP contribution in [0.4, 0.5) is 18.9 Å². The van der Waals surface area contributed by atoms with Crippen LogP contribution in [0.5, 0.6) is 0 Å². The lowest BCUT2D eigenvalue weighted by molar-refractivity contribution is -0.248. The Balaban J connectivity index is 1.63. The number of alkyl halides is 3. The molecule has 3 rings (SSSR count). The van der Waals surface area contributed by atoms with Crippen molar-refractivity contribution in [1.82, 2.24) is 10.4 Å². The number of hydroxylamine groups is 2. The number of anilines is 1. The standard InChI is InChI=1S/C25H25F3N4O4/c1-16(33)31-21-6-4-5-19(13-21)17-8-10-18(11-9-17)20(14-29)15-30-23(34)22-7-2-3-12-32(22)36-24(35)25(26,27)28/h4-6,8-11,13,20,22H,2-3,7,12,15H2,1H3,(H,30,34)(H,31,33)/t20-,22-/m0/s1. The summed E-state index contributed by atoms with van der Waals surface area (Å²) in [5, 5.41) is 15.7. The molecule has 2 aromatic rings. The van der Waals surface area contributed by atoms with Crippen molar-refractivity contribution in [3.8, 4) is 17.2 Å². The number of nitrogens with one attached hydrogen (secondary N) is 2. The summed E-state index contributed by atoms with van der Waals surface area (Å²) in [6.45, 7) is 1.36. The summed E-state index contributed by atoms with van der Waals surface area (Å²) in [4.78, 5) is 39.6. The average molecular weight is 502 g/mol. The van der Waals surface area contributed by atoms with Crippen molar-refractivity contribution in [2.45, 2.75) is 44.3 Å². The molecule has 0 saturated carbocycles. The van der Waals surface area contributed by atoms with E-state index in [0.29, 0.717) is 24.1 Å². The van der Waals surface area contributed by atoms with Gasteiger partial charge in [0.05, 0.1) is 12.0 Å². The maximum Gasteiger partial charge on any atom is 0.492 e. The zero-order valence-electron chi connectivity index (χ0n) is 19.5. The third-order valence-corrected chi connectivity index (χ3v) is 5.65. The van der Waals surface area contributed by atoms with E-state index in [0.717, 1.165) is 16.2 Å². The number of carbonyl (C=O) groups is 3. The zero-order valence-corrected chi connectivity index (χ0v) is 19.5. The Morgan fingerprint density at radius 1 is 1.14 bits per heavy atom. The average Bonchev–Trinajstić information content (AvgIpc) is 2.84. The minimum Gasteiger partial charge on any atom is -0.360 e. The molecule has 2 atom stereocenters. The number of hydrogen-bond donors (Lipinski definition) is 2. The highest BCUT2D eigenvalue weighted by Crippen LogP contribution is 2.26. The van der Waals surface area contributed by atoms with Crippen LogP contribution in [0.2, 0.25) is 0 Å². The predicted molar refractivity (Wildman–Crippen MR) is 124 cm³/mol. The molecule has 1 aliphatic heterocycles. The number of nitriles is 1. The minimum atomic E-state index is -5.16. The monoisotopic (exact) mass is 502 g/mol. The van der Waals surface area contributed by atoms with Crippen LogP contribution in [0.15, 0.2) is 48.5 Å². The SMILES string of the molecule is CC(=O)Nc1cccc(-c2ccc([C@@H](C#N)CNC(=O)[C@@H]3CCCCN3OC(=O)C(F)(F)F)cc2)c1. The Kier molecular flexibility index (Phi) is 8.66. The van der Waals surface area contributed by atoms with E-state index in [1.165, 1.54) is 6.92 Å². The van der Waals surface area contributed by atoms with E-state index in [1.54, 1.807) is 18.2 Å². The van der Waals surface area contributed by atoms with E-state index in [2.05, 4.69) is 21.5 Å². The first kappa shape index (κ1) is 26.7. The van der Waals surface area contributed by atoms with Crippen molar-refractivity contribution < 1.29 is 32.4 Å². The van der Waals surface area contributed by atoms with Crippen LogP contribution in [-0.2, 0) is 19.2 Å². The van der Waals surface area contributed by atoms with Gasteiger partial charge in [0.25, 0.3) is 0 Å². The molecule has 8 nitrogen and oxygen atoms in total. The molecule has 0 aliphatic carbocycles. The summed E-state index contributed by atoms with van der Waals surface area (Å²) < 4.78 is 37.7. The molecular formula is C25H25F3N4O4. The normalized spacial score (nSPS) is 16.9. The molecule has 190 valence electrons. The fourth-order valence-corrected chi connectivity index (χ4v) is 3.88. The van der Waals surface area contributed by atoms with E-state index >= 15 is 0 Å². The van der Waals surface area contributed by atoms with Crippen molar-refractivity contribution in [1.29, 1.82) is 5.26 Å². The van der Waals surface area contributed by atoms with Gasteiger partial charge in [0.15, 0.2) is 0 Å². The maximum atomic E-state index is 12.7. The van der Waals surface area contributed by atoms with E-state index < -0.39 is 30.0 Å². The number of rotatable bonds is 7. The van der Waals surface area contributed by atoms with Crippen LogP contribution in [0.1, 0.15) is 37.7 Å². The predicted octanol–water partition coefficient (Wildman–Crippen LogP) is 3.91. The lowest BCUT2D eigenvalue weighted by atomic mass is 9.96. The highest BCUT2D eigenvalue weighted by atomic mass is 19.4. The lowest BCUT2D eigenvalue weighted by Crippen LogP contribution is -2.51. The first-order valence-electron chi connectivity index (χ1n) is 11.3. The van der Waals surface area contributed by atoms with Gasteiger partial charge in [-0.25, -0.2) is 4.79 Å². The molecule has 36 heavy (non-hydrogen) atoms. The zero-order chi connectivity index (χ0) is 26.3. The van der Waals surface area contributed by atoms with E-state index in [-0.39, 0.29) is 25.4 Å². The molecule has 2 aromatic carbocycles. The number of benzene rings is 2. The van der Waals surface area contributed by atoms with Crippen LogP contribution in [-0.4, -0.2) is 48.2 Å². The van der Waals surface area contributed by atoms with Crippen molar-refractivity contribution >= 4 is 23.5 Å². The van der Waals surface area contributed by atoms with Gasteiger partial charge in [-0.05, 0) is 48.1 Å². The molecule has 1 saturated heterocycles. The molecule has 0 unspecified atom stereocenters. The molecule has 11 heteroatoms. The summed E-state index contributed by atoms with van der Waals surface area (Å²) in [5.41, 5.74) is 3.01. The summed E-state index contributed by atoms with van der Waals surface area (Å²) in [5.74, 6) is -3.88. The number of carbonyl (C=O) groups excluding carboxylic acids is 3. The van der Waals surface area contributed by atoms with Crippen LogP contribution in [0, 0.1) is 11.3 Å².